The average Bonchev–Trinajstić information content (AvgIpc) is 2.96. The standard InChI is InChI=1S/C19H13N2O3P/c22-18-16-11-15(12-20-17(16)19(23)21-18)25(24,13-7-3-1-4-8-13)14-9-5-2-6-10-14/h1-12H,(H,21,22,23). The molecule has 2 aromatic carbocycles. The summed E-state index contributed by atoms with van der Waals surface area (Å²) in [6.45, 7) is 0. The predicted molar refractivity (Wildman–Crippen MR) is 95.4 cm³/mol. The summed E-state index contributed by atoms with van der Waals surface area (Å²) in [7, 11) is -3.21. The second kappa shape index (κ2) is 5.80. The number of hydrogen-bond acceptors (Lipinski definition) is 4. The molecule has 0 spiro atoms. The third-order valence-corrected chi connectivity index (χ3v) is 7.19. The number of pyridine rings is 1. The molecule has 1 aromatic heterocycles. The van der Waals surface area contributed by atoms with Crippen molar-refractivity contribution in [2.75, 3.05) is 0 Å². The average molecular weight is 348 g/mol. The Bertz CT molecular complexity index is 990. The molecule has 25 heavy (non-hydrogen) atoms. The third-order valence-electron chi connectivity index (χ3n) is 4.16. The van der Waals surface area contributed by atoms with Crippen LogP contribution in [0.2, 0.25) is 0 Å². The number of nitrogens with zero attached hydrogens (tertiary/aromatic N) is 1. The van der Waals surface area contributed by atoms with Gasteiger partial charge in [0.1, 0.15) is 5.69 Å². The molecule has 0 bridgehead atoms. The van der Waals surface area contributed by atoms with Crippen molar-refractivity contribution in [3.63, 3.8) is 0 Å². The van der Waals surface area contributed by atoms with E-state index in [0.29, 0.717) is 15.9 Å². The summed E-state index contributed by atoms with van der Waals surface area (Å²) in [6, 6.07) is 19.7. The van der Waals surface area contributed by atoms with Gasteiger partial charge in [-0.15, -0.1) is 0 Å². The molecule has 1 aliphatic rings. The molecule has 0 fully saturated rings. The summed E-state index contributed by atoms with van der Waals surface area (Å²) < 4.78 is 14.1. The Morgan fingerprint density at radius 2 is 1.32 bits per heavy atom. The lowest BCUT2D eigenvalue weighted by atomic mass is 10.2. The zero-order valence-electron chi connectivity index (χ0n) is 13.0. The number of fused-ring (bicyclic) bond motifs is 1. The van der Waals surface area contributed by atoms with E-state index in [0.717, 1.165) is 0 Å². The second-order valence-corrected chi connectivity index (χ2v) is 8.42. The van der Waals surface area contributed by atoms with Crippen molar-refractivity contribution < 1.29 is 14.2 Å². The number of hydrogen-bond donors (Lipinski definition) is 1. The highest BCUT2D eigenvalue weighted by Gasteiger charge is 2.34. The highest BCUT2D eigenvalue weighted by atomic mass is 31.2. The van der Waals surface area contributed by atoms with Crippen molar-refractivity contribution in [3.05, 3.63) is 84.2 Å². The predicted octanol–water partition coefficient (Wildman–Crippen LogP) is 1.60. The monoisotopic (exact) mass is 348 g/mol. The first-order chi connectivity index (χ1) is 12.1. The number of benzene rings is 2. The van der Waals surface area contributed by atoms with E-state index in [1.54, 1.807) is 24.3 Å². The van der Waals surface area contributed by atoms with Gasteiger partial charge in [-0.25, -0.2) is 4.98 Å². The van der Waals surface area contributed by atoms with E-state index in [4.69, 9.17) is 0 Å². The zero-order valence-corrected chi connectivity index (χ0v) is 13.9. The maximum absolute atomic E-state index is 14.1. The zero-order chi connectivity index (χ0) is 17.4. The molecular formula is C19H13N2O3P. The minimum Gasteiger partial charge on any atom is -0.309 e. The lowest BCUT2D eigenvalue weighted by Crippen LogP contribution is -2.26. The number of imide groups is 1. The molecule has 1 aliphatic heterocycles. The van der Waals surface area contributed by atoms with Crippen LogP contribution in [0.3, 0.4) is 0 Å². The molecule has 2 heterocycles. The molecule has 0 aliphatic carbocycles. The maximum atomic E-state index is 14.1. The fraction of sp³-hybridized carbons (Fsp3) is 0. The van der Waals surface area contributed by atoms with Crippen LogP contribution in [-0.2, 0) is 4.57 Å². The van der Waals surface area contributed by atoms with Crippen molar-refractivity contribution in [2.45, 2.75) is 0 Å². The molecule has 4 rings (SSSR count). The van der Waals surface area contributed by atoms with Crippen LogP contribution in [0.25, 0.3) is 0 Å². The van der Waals surface area contributed by atoms with Gasteiger partial charge in [0, 0.05) is 22.1 Å². The smallest absolute Gasteiger partial charge is 0.277 e. The van der Waals surface area contributed by atoms with Crippen LogP contribution in [0.5, 0.6) is 0 Å². The molecule has 5 nitrogen and oxygen atoms in total. The van der Waals surface area contributed by atoms with E-state index in [1.807, 2.05) is 36.4 Å². The van der Waals surface area contributed by atoms with E-state index >= 15 is 0 Å². The Labute approximate surface area is 144 Å². The van der Waals surface area contributed by atoms with Gasteiger partial charge in [-0.05, 0) is 6.07 Å². The SMILES string of the molecule is O=C1NC(=O)c2ncc(P(=O)(c3ccccc3)c3ccccc3)cc21. The summed E-state index contributed by atoms with van der Waals surface area (Å²) in [5.41, 5.74) is 0.232. The molecule has 0 radical (unpaired) electrons. The maximum Gasteiger partial charge on any atom is 0.277 e. The molecule has 0 saturated carbocycles. The van der Waals surface area contributed by atoms with Gasteiger partial charge in [-0.1, -0.05) is 60.7 Å². The quantitative estimate of drug-likeness (QED) is 0.576. The Kier molecular flexibility index (Phi) is 3.59. The molecule has 2 amide bonds. The highest BCUT2D eigenvalue weighted by Crippen LogP contribution is 2.42. The first-order valence-corrected chi connectivity index (χ1v) is 9.39. The van der Waals surface area contributed by atoms with Crippen LogP contribution in [0.4, 0.5) is 0 Å². The van der Waals surface area contributed by atoms with E-state index in [9.17, 15) is 14.2 Å². The van der Waals surface area contributed by atoms with E-state index in [-0.39, 0.29) is 11.3 Å². The number of amides is 2. The summed E-state index contributed by atoms with van der Waals surface area (Å²) in [6.07, 6.45) is 1.43. The molecule has 1 N–H and O–H groups in total. The summed E-state index contributed by atoms with van der Waals surface area (Å²) in [5, 5.41) is 3.93. The summed E-state index contributed by atoms with van der Waals surface area (Å²) >= 11 is 0. The fourth-order valence-corrected chi connectivity index (χ4v) is 5.54. The van der Waals surface area contributed by atoms with E-state index in [2.05, 4.69) is 10.3 Å². The van der Waals surface area contributed by atoms with Gasteiger partial charge >= 0.3 is 0 Å². The Morgan fingerprint density at radius 1 is 0.760 bits per heavy atom. The Hall–Kier alpha value is -3.04. The highest BCUT2D eigenvalue weighted by molar-refractivity contribution is 7.85. The van der Waals surface area contributed by atoms with E-state index < -0.39 is 19.0 Å². The van der Waals surface area contributed by atoms with Crippen LogP contribution in [-0.4, -0.2) is 16.8 Å². The van der Waals surface area contributed by atoms with E-state index in [1.165, 1.54) is 12.3 Å². The first kappa shape index (κ1) is 15.5. The summed E-state index contributed by atoms with van der Waals surface area (Å²) in [4.78, 5) is 27.8. The topological polar surface area (TPSA) is 76.1 Å². The minimum absolute atomic E-state index is 0.0708. The molecule has 3 aromatic rings. The number of carbonyl (C=O) groups excluding carboxylic acids is 2. The third kappa shape index (κ3) is 2.41. The molecule has 122 valence electrons. The van der Waals surface area contributed by atoms with Crippen LogP contribution in [0, 0.1) is 0 Å². The normalized spacial score (nSPS) is 13.4. The second-order valence-electron chi connectivity index (χ2n) is 5.65. The number of carbonyl (C=O) groups is 2. The van der Waals surface area contributed by atoms with Gasteiger partial charge in [0.25, 0.3) is 11.8 Å². The van der Waals surface area contributed by atoms with Crippen LogP contribution in [0.1, 0.15) is 20.8 Å². The van der Waals surface area contributed by atoms with Gasteiger partial charge in [-0.3, -0.25) is 14.9 Å². The van der Waals surface area contributed by atoms with Gasteiger partial charge in [0.15, 0.2) is 7.14 Å². The van der Waals surface area contributed by atoms with Gasteiger partial charge in [0.05, 0.1) is 5.56 Å². The number of nitrogens with one attached hydrogen (secondary N) is 1. The lowest BCUT2D eigenvalue weighted by molar-refractivity contribution is 0.0878. The van der Waals surface area contributed by atoms with Crippen molar-refractivity contribution in [2.24, 2.45) is 0 Å². The van der Waals surface area contributed by atoms with Crippen molar-refractivity contribution >= 4 is 34.9 Å². The lowest BCUT2D eigenvalue weighted by Gasteiger charge is -2.19. The largest absolute Gasteiger partial charge is 0.309 e. The van der Waals surface area contributed by atoms with Crippen molar-refractivity contribution in [1.29, 1.82) is 0 Å². The molecule has 6 heteroatoms. The van der Waals surface area contributed by atoms with Crippen molar-refractivity contribution in [3.8, 4) is 0 Å². The fourth-order valence-electron chi connectivity index (χ4n) is 2.93. The number of rotatable bonds is 3. The molecular weight excluding hydrogens is 335 g/mol. The molecule has 0 unspecified atom stereocenters. The van der Waals surface area contributed by atoms with Gasteiger partial charge in [-0.2, -0.15) is 0 Å². The van der Waals surface area contributed by atoms with Gasteiger partial charge < -0.3 is 4.57 Å². The molecule has 0 saturated heterocycles. The van der Waals surface area contributed by atoms with Gasteiger partial charge in [0.2, 0.25) is 0 Å². The Morgan fingerprint density at radius 3 is 1.88 bits per heavy atom. The van der Waals surface area contributed by atoms with Crippen LogP contribution < -0.4 is 21.2 Å². The minimum atomic E-state index is -3.21. The molecule has 0 atom stereocenters. The Balaban J connectivity index is 1.98. The summed E-state index contributed by atoms with van der Waals surface area (Å²) in [5.74, 6) is -1.04. The van der Waals surface area contributed by atoms with Crippen LogP contribution >= 0.6 is 7.14 Å². The van der Waals surface area contributed by atoms with Crippen LogP contribution in [0.15, 0.2) is 72.9 Å². The number of aromatic nitrogens is 1. The van der Waals surface area contributed by atoms with Crippen molar-refractivity contribution in [1.82, 2.24) is 10.3 Å². The first-order valence-electron chi connectivity index (χ1n) is 7.68.